The Bertz CT molecular complexity index is 1970. The fourth-order valence-electron chi connectivity index (χ4n) is 6.50. The first-order valence-corrected chi connectivity index (χ1v) is 15.5. The van der Waals surface area contributed by atoms with E-state index < -0.39 is 29.6 Å². The molecule has 0 fully saturated rings. The van der Waals surface area contributed by atoms with Crippen molar-refractivity contribution in [1.29, 1.82) is 0 Å². The molecule has 1 aliphatic carbocycles. The molecule has 2 aromatic carbocycles. The summed E-state index contributed by atoms with van der Waals surface area (Å²) in [5.74, 6) is -2.66. The highest BCUT2D eigenvalue weighted by Crippen LogP contribution is 2.35. The number of hydrogen-bond donors (Lipinski definition) is 4. The minimum atomic E-state index is -1.01. The Hall–Kier alpha value is -5.50. The number of rotatable bonds is 10. The monoisotopic (exact) mass is 657 g/mol. The van der Waals surface area contributed by atoms with Crippen molar-refractivity contribution in [1.82, 2.24) is 30.1 Å². The van der Waals surface area contributed by atoms with Gasteiger partial charge in [-0.2, -0.15) is 5.10 Å². The van der Waals surface area contributed by atoms with Crippen molar-refractivity contribution in [3.05, 3.63) is 110 Å². The summed E-state index contributed by atoms with van der Waals surface area (Å²) in [6.07, 6.45) is 2.89. The van der Waals surface area contributed by atoms with E-state index in [1.165, 1.54) is 24.8 Å². The second-order valence-electron chi connectivity index (χ2n) is 11.8. The van der Waals surface area contributed by atoms with Gasteiger partial charge in [-0.1, -0.05) is 24.3 Å². The van der Waals surface area contributed by atoms with Gasteiger partial charge in [0.1, 0.15) is 17.1 Å². The van der Waals surface area contributed by atoms with Crippen LogP contribution in [0, 0.1) is 12.7 Å². The topological polar surface area (TPSA) is 173 Å². The maximum Gasteiger partial charge on any atom is 0.335 e. The normalized spacial score (nSPS) is 15.8. The van der Waals surface area contributed by atoms with Gasteiger partial charge in [0, 0.05) is 32.8 Å². The van der Waals surface area contributed by atoms with Crippen molar-refractivity contribution < 1.29 is 33.4 Å². The Balaban J connectivity index is 1.19. The third-order valence-electron chi connectivity index (χ3n) is 9.03. The lowest BCUT2D eigenvalue weighted by Crippen LogP contribution is -2.34. The van der Waals surface area contributed by atoms with Crippen molar-refractivity contribution in [2.45, 2.75) is 45.3 Å². The summed E-state index contributed by atoms with van der Waals surface area (Å²) in [4.78, 5) is 44.8. The third kappa shape index (κ3) is 6.13. The lowest BCUT2D eigenvalue weighted by atomic mass is 9.97. The number of carbonyl (C=O) groups is 3. The van der Waals surface area contributed by atoms with Gasteiger partial charge in [0.15, 0.2) is 11.5 Å². The van der Waals surface area contributed by atoms with E-state index in [1.54, 1.807) is 20.1 Å². The average molecular weight is 658 g/mol. The fraction of sp³-hybridized carbons (Fsp3) is 0.324. The molecule has 0 bridgehead atoms. The lowest BCUT2D eigenvalue weighted by Gasteiger charge is -2.33. The SMILES string of the molecule is COC/C(=C(/N)OC)N1CCc2ccc(CNC(=O)c3cc(C(=O)N[C@H]4CCc5c4ccc(C(=O)O)c5C)n4ncc(F)c4n3)cc2C1. The second-order valence-corrected chi connectivity index (χ2v) is 11.8. The van der Waals surface area contributed by atoms with E-state index >= 15 is 0 Å². The second kappa shape index (κ2) is 13.3. The van der Waals surface area contributed by atoms with Crippen LogP contribution in [0.5, 0.6) is 0 Å². The number of nitrogens with zero attached hydrogens (tertiary/aromatic N) is 4. The van der Waals surface area contributed by atoms with Crippen LogP contribution in [0.2, 0.25) is 0 Å². The van der Waals surface area contributed by atoms with Crippen molar-refractivity contribution in [2.75, 3.05) is 27.4 Å². The molecule has 0 radical (unpaired) electrons. The number of fused-ring (bicyclic) bond motifs is 3. The summed E-state index contributed by atoms with van der Waals surface area (Å²) in [7, 11) is 3.11. The van der Waals surface area contributed by atoms with Crippen LogP contribution in [0.3, 0.4) is 0 Å². The van der Waals surface area contributed by atoms with Crippen molar-refractivity contribution in [2.24, 2.45) is 5.73 Å². The summed E-state index contributed by atoms with van der Waals surface area (Å²) in [5, 5.41) is 19.2. The van der Waals surface area contributed by atoms with Gasteiger partial charge in [0.05, 0.1) is 31.5 Å². The van der Waals surface area contributed by atoms with Crippen LogP contribution in [0.4, 0.5) is 4.39 Å². The highest BCUT2D eigenvalue weighted by Gasteiger charge is 2.29. The fourth-order valence-corrected chi connectivity index (χ4v) is 6.50. The average Bonchev–Trinajstić information content (AvgIpc) is 3.68. The first kappa shape index (κ1) is 32.4. The minimum Gasteiger partial charge on any atom is -0.481 e. The number of hydrogen-bond acceptors (Lipinski definition) is 9. The molecule has 2 aliphatic rings. The Morgan fingerprint density at radius 1 is 1.10 bits per heavy atom. The molecule has 0 saturated carbocycles. The molecule has 0 spiro atoms. The van der Waals surface area contributed by atoms with Crippen LogP contribution in [0.25, 0.3) is 5.65 Å². The van der Waals surface area contributed by atoms with Gasteiger partial charge in [-0.25, -0.2) is 18.7 Å². The summed E-state index contributed by atoms with van der Waals surface area (Å²) in [6.45, 7) is 3.56. The maximum absolute atomic E-state index is 14.7. The third-order valence-corrected chi connectivity index (χ3v) is 9.03. The highest BCUT2D eigenvalue weighted by atomic mass is 19.1. The Morgan fingerprint density at radius 2 is 1.92 bits per heavy atom. The standard InChI is InChI=1S/C34H36FN7O6/c1-18-22-8-9-26(24(22)7-6-23(18)34(45)46)40-33(44)28-13-27(39-31-25(35)15-38-42(28)31)32(43)37-14-19-4-5-20-10-11-41(16-21(20)12-19)29(17-47-2)30(36)48-3/h4-7,12-13,15,26H,8-11,14,16-17,36H2,1-3H3,(H,37,43)(H,40,44)(H,45,46)/b30-29+/t26-/m0/s1. The molecule has 2 aromatic heterocycles. The first-order chi connectivity index (χ1) is 23.1. The Labute approximate surface area is 275 Å². The molecular weight excluding hydrogens is 621 g/mol. The van der Waals surface area contributed by atoms with Crippen LogP contribution < -0.4 is 16.4 Å². The van der Waals surface area contributed by atoms with Gasteiger partial charge in [0.25, 0.3) is 11.8 Å². The molecule has 2 amide bonds. The van der Waals surface area contributed by atoms with Gasteiger partial charge in [0.2, 0.25) is 5.88 Å². The molecule has 0 unspecified atom stereocenters. The predicted octanol–water partition coefficient (Wildman–Crippen LogP) is 3.00. The number of aromatic nitrogens is 3. The molecule has 4 aromatic rings. The maximum atomic E-state index is 14.7. The number of nitrogens with two attached hydrogens (primary N) is 1. The van der Waals surface area contributed by atoms with Gasteiger partial charge in [-0.05, 0) is 65.6 Å². The smallest absolute Gasteiger partial charge is 0.335 e. The molecule has 5 N–H and O–H groups in total. The summed E-state index contributed by atoms with van der Waals surface area (Å²) >= 11 is 0. The van der Waals surface area contributed by atoms with E-state index in [1.807, 2.05) is 18.2 Å². The Kier molecular flexibility index (Phi) is 9.00. The molecule has 3 heterocycles. The zero-order chi connectivity index (χ0) is 34.1. The molecule has 6 rings (SSSR count). The summed E-state index contributed by atoms with van der Waals surface area (Å²) in [6, 6.07) is 10.1. The first-order valence-electron chi connectivity index (χ1n) is 15.5. The number of carbonyl (C=O) groups excluding carboxylic acids is 2. The number of halogens is 1. The molecule has 13 nitrogen and oxygen atoms in total. The minimum absolute atomic E-state index is 0.0644. The molecule has 48 heavy (non-hydrogen) atoms. The molecule has 0 saturated heterocycles. The lowest BCUT2D eigenvalue weighted by molar-refractivity contribution is 0.0695. The number of aromatic carboxylic acids is 1. The summed E-state index contributed by atoms with van der Waals surface area (Å²) in [5.41, 5.74) is 12.1. The number of nitrogens with one attached hydrogen (secondary N) is 2. The van der Waals surface area contributed by atoms with Crippen molar-refractivity contribution >= 4 is 23.4 Å². The number of methoxy groups -OCH3 is 2. The Morgan fingerprint density at radius 3 is 2.67 bits per heavy atom. The number of carboxylic acids is 1. The van der Waals surface area contributed by atoms with Gasteiger partial charge in [-0.15, -0.1) is 0 Å². The number of amides is 2. The van der Waals surface area contributed by atoms with Gasteiger partial charge >= 0.3 is 5.97 Å². The van der Waals surface area contributed by atoms with Crippen LogP contribution in [0.15, 0.2) is 54.2 Å². The van der Waals surface area contributed by atoms with Gasteiger partial charge < -0.3 is 35.8 Å². The molecule has 14 heteroatoms. The summed E-state index contributed by atoms with van der Waals surface area (Å²) < 4.78 is 26.4. The highest BCUT2D eigenvalue weighted by molar-refractivity contribution is 5.98. The van der Waals surface area contributed by atoms with E-state index in [0.717, 1.165) is 51.6 Å². The van der Waals surface area contributed by atoms with E-state index in [9.17, 15) is 23.9 Å². The number of ether oxygens (including phenoxy) is 2. The molecule has 1 atom stereocenters. The number of benzene rings is 2. The van der Waals surface area contributed by atoms with Crippen molar-refractivity contribution in [3.63, 3.8) is 0 Å². The van der Waals surface area contributed by atoms with Crippen LogP contribution in [-0.2, 0) is 35.4 Å². The van der Waals surface area contributed by atoms with E-state index in [0.29, 0.717) is 37.4 Å². The van der Waals surface area contributed by atoms with Crippen molar-refractivity contribution in [3.8, 4) is 0 Å². The largest absolute Gasteiger partial charge is 0.481 e. The van der Waals surface area contributed by atoms with Gasteiger partial charge in [-0.3, -0.25) is 9.59 Å². The molecule has 250 valence electrons. The molecular formula is C34H36FN7O6. The van der Waals surface area contributed by atoms with Crippen LogP contribution >= 0.6 is 0 Å². The van der Waals surface area contributed by atoms with E-state index in [2.05, 4.69) is 25.6 Å². The quantitative estimate of drug-likeness (QED) is 0.186. The zero-order valence-corrected chi connectivity index (χ0v) is 26.8. The number of carboxylic acid groups (broad SMARTS) is 1. The van der Waals surface area contributed by atoms with E-state index in [4.69, 9.17) is 15.2 Å². The zero-order valence-electron chi connectivity index (χ0n) is 26.8. The van der Waals surface area contributed by atoms with Crippen LogP contribution in [-0.4, -0.2) is 69.8 Å². The predicted molar refractivity (Wildman–Crippen MR) is 171 cm³/mol. The van der Waals surface area contributed by atoms with Crippen LogP contribution in [0.1, 0.15) is 77.2 Å². The van der Waals surface area contributed by atoms with E-state index in [-0.39, 0.29) is 29.1 Å². The molecule has 1 aliphatic heterocycles.